The van der Waals surface area contributed by atoms with Gasteiger partial charge in [0.15, 0.2) is 0 Å². The molecule has 2 amide bonds. The quantitative estimate of drug-likeness (QED) is 0.877. The Kier molecular flexibility index (Phi) is 4.80. The van der Waals surface area contributed by atoms with Crippen LogP contribution >= 0.6 is 0 Å². The molecular weight excluding hydrogens is 306 g/mol. The number of aromatic nitrogens is 2. The van der Waals surface area contributed by atoms with Gasteiger partial charge in [0, 0.05) is 38.5 Å². The van der Waals surface area contributed by atoms with E-state index in [4.69, 9.17) is 0 Å². The third kappa shape index (κ3) is 3.26. The fraction of sp³-hybridized carbons (Fsp3) is 0.471. The molecule has 128 valence electrons. The molecule has 1 aliphatic rings. The van der Waals surface area contributed by atoms with Crippen molar-refractivity contribution in [1.29, 1.82) is 0 Å². The Morgan fingerprint density at radius 2 is 2.08 bits per heavy atom. The van der Waals surface area contributed by atoms with Crippen molar-refractivity contribution in [3.63, 3.8) is 0 Å². The number of carbonyl (C=O) groups excluding carboxylic acids is 2. The van der Waals surface area contributed by atoms with Gasteiger partial charge in [-0.05, 0) is 13.1 Å². The van der Waals surface area contributed by atoms with E-state index >= 15 is 0 Å². The number of nitrogens with zero attached hydrogens (tertiary/aromatic N) is 4. The Hall–Kier alpha value is -2.41. The number of benzene rings is 1. The fourth-order valence-electron chi connectivity index (χ4n) is 3.11. The van der Waals surface area contributed by atoms with Gasteiger partial charge in [0.25, 0.3) is 0 Å². The number of rotatable bonds is 4. The van der Waals surface area contributed by atoms with E-state index in [0.29, 0.717) is 32.6 Å². The Morgan fingerprint density at radius 3 is 2.88 bits per heavy atom. The fourth-order valence-corrected chi connectivity index (χ4v) is 3.11. The summed E-state index contributed by atoms with van der Waals surface area (Å²) in [5, 5.41) is 8.09. The Bertz CT molecular complexity index is 741. The summed E-state index contributed by atoms with van der Waals surface area (Å²) >= 11 is 0. The molecule has 0 unspecified atom stereocenters. The van der Waals surface area contributed by atoms with Gasteiger partial charge in [0.05, 0.1) is 18.3 Å². The lowest BCUT2D eigenvalue weighted by molar-refractivity contribution is -0.137. The molecule has 1 fully saturated rings. The van der Waals surface area contributed by atoms with Crippen molar-refractivity contribution in [2.24, 2.45) is 0 Å². The van der Waals surface area contributed by atoms with Gasteiger partial charge < -0.3 is 10.2 Å². The summed E-state index contributed by atoms with van der Waals surface area (Å²) in [5.41, 5.74) is 1.03. The van der Waals surface area contributed by atoms with Crippen LogP contribution in [0.4, 0.5) is 0 Å². The number of nitrogens with one attached hydrogen (secondary N) is 1. The van der Waals surface area contributed by atoms with Crippen LogP contribution in [0, 0.1) is 0 Å². The Morgan fingerprint density at radius 1 is 1.29 bits per heavy atom. The zero-order chi connectivity index (χ0) is 17.1. The first kappa shape index (κ1) is 16.4. The van der Waals surface area contributed by atoms with Crippen molar-refractivity contribution >= 4 is 22.7 Å². The highest BCUT2D eigenvalue weighted by atomic mass is 16.2. The molecule has 7 nitrogen and oxygen atoms in total. The molecule has 0 bridgehead atoms. The molecule has 1 atom stereocenters. The molecule has 1 aliphatic heterocycles. The van der Waals surface area contributed by atoms with E-state index in [1.807, 2.05) is 47.1 Å². The smallest absolute Gasteiger partial charge is 0.238 e. The minimum atomic E-state index is -0.279. The van der Waals surface area contributed by atoms with Crippen LogP contribution in [-0.4, -0.2) is 71.2 Å². The third-order valence-corrected chi connectivity index (χ3v) is 4.64. The van der Waals surface area contributed by atoms with E-state index in [9.17, 15) is 9.59 Å². The maximum Gasteiger partial charge on any atom is 0.238 e. The first-order valence-corrected chi connectivity index (χ1v) is 8.20. The second-order valence-electron chi connectivity index (χ2n) is 6.13. The number of aryl methyl sites for hydroxylation is 1. The molecule has 1 N–H and O–H groups in total. The zero-order valence-electron chi connectivity index (χ0n) is 14.1. The second-order valence-corrected chi connectivity index (χ2v) is 6.13. The van der Waals surface area contributed by atoms with Crippen LogP contribution in [0.15, 0.2) is 30.5 Å². The van der Waals surface area contributed by atoms with E-state index in [1.54, 1.807) is 11.9 Å². The molecule has 7 heteroatoms. The Labute approximate surface area is 141 Å². The van der Waals surface area contributed by atoms with Gasteiger partial charge in [0.1, 0.15) is 6.04 Å². The monoisotopic (exact) mass is 329 g/mol. The number of hydrogen-bond acceptors (Lipinski definition) is 4. The number of hydrogen-bond donors (Lipinski definition) is 1. The maximum absolute atomic E-state index is 12.5. The maximum atomic E-state index is 12.5. The minimum absolute atomic E-state index is 0.0481. The predicted octanol–water partition coefficient (Wildman–Crippen LogP) is 0.315. The highest BCUT2D eigenvalue weighted by Crippen LogP contribution is 2.14. The molecule has 1 aromatic heterocycles. The van der Waals surface area contributed by atoms with Gasteiger partial charge in [-0.15, -0.1) is 0 Å². The summed E-state index contributed by atoms with van der Waals surface area (Å²) in [6.07, 6.45) is 2.20. The Balaban J connectivity index is 1.61. The number of piperazine rings is 1. The van der Waals surface area contributed by atoms with Crippen molar-refractivity contribution in [2.45, 2.75) is 19.0 Å². The summed E-state index contributed by atoms with van der Waals surface area (Å²) in [4.78, 5) is 28.2. The number of carbonyl (C=O) groups is 2. The van der Waals surface area contributed by atoms with Crippen LogP contribution in [0.3, 0.4) is 0 Å². The molecule has 2 aromatic rings. The van der Waals surface area contributed by atoms with E-state index in [2.05, 4.69) is 10.4 Å². The number of fused-ring (bicyclic) bond motifs is 1. The summed E-state index contributed by atoms with van der Waals surface area (Å²) < 4.78 is 1.86. The van der Waals surface area contributed by atoms with Gasteiger partial charge in [-0.1, -0.05) is 18.2 Å². The molecule has 0 saturated carbocycles. The van der Waals surface area contributed by atoms with Crippen molar-refractivity contribution in [3.8, 4) is 0 Å². The second kappa shape index (κ2) is 7.00. The first-order valence-electron chi connectivity index (χ1n) is 8.20. The standard InChI is InChI=1S/C17H23N5O2/c1-18-17(24)15-12-21(10-9-20(15)2)16(23)7-8-22-14-6-4-3-5-13(14)11-19-22/h3-6,11,15H,7-10,12H2,1-2H3,(H,18,24)/t15-/m0/s1. The predicted molar refractivity (Wildman–Crippen MR) is 91.4 cm³/mol. The summed E-state index contributed by atoms with van der Waals surface area (Å²) in [6.45, 7) is 2.34. The van der Waals surface area contributed by atoms with Gasteiger partial charge in [-0.3, -0.25) is 19.2 Å². The van der Waals surface area contributed by atoms with Gasteiger partial charge in [-0.25, -0.2) is 0 Å². The molecule has 1 aromatic carbocycles. The highest BCUT2D eigenvalue weighted by molar-refractivity contribution is 5.84. The van der Waals surface area contributed by atoms with Crippen molar-refractivity contribution in [3.05, 3.63) is 30.5 Å². The SMILES string of the molecule is CNC(=O)[C@@H]1CN(C(=O)CCn2ncc3ccccc32)CCN1C. The average molecular weight is 329 g/mol. The number of likely N-dealkylation sites (N-methyl/N-ethyl adjacent to an activating group) is 2. The largest absolute Gasteiger partial charge is 0.358 e. The number of amides is 2. The third-order valence-electron chi connectivity index (χ3n) is 4.64. The van der Waals surface area contributed by atoms with E-state index in [-0.39, 0.29) is 17.9 Å². The molecule has 24 heavy (non-hydrogen) atoms. The van der Waals surface area contributed by atoms with Crippen molar-refractivity contribution in [1.82, 2.24) is 24.9 Å². The van der Waals surface area contributed by atoms with E-state index < -0.39 is 0 Å². The summed E-state index contributed by atoms with van der Waals surface area (Å²) in [7, 11) is 3.54. The first-order chi connectivity index (χ1) is 11.6. The number of para-hydroxylation sites is 1. The zero-order valence-corrected chi connectivity index (χ0v) is 14.1. The minimum Gasteiger partial charge on any atom is -0.358 e. The van der Waals surface area contributed by atoms with Gasteiger partial charge >= 0.3 is 0 Å². The molecule has 0 spiro atoms. The highest BCUT2D eigenvalue weighted by Gasteiger charge is 2.31. The molecule has 2 heterocycles. The lowest BCUT2D eigenvalue weighted by Gasteiger charge is -2.38. The van der Waals surface area contributed by atoms with Crippen LogP contribution in [-0.2, 0) is 16.1 Å². The summed E-state index contributed by atoms with van der Waals surface area (Å²) in [5.74, 6) is 0.0182. The van der Waals surface area contributed by atoms with Crippen molar-refractivity contribution < 1.29 is 9.59 Å². The van der Waals surface area contributed by atoms with Crippen LogP contribution in [0.1, 0.15) is 6.42 Å². The van der Waals surface area contributed by atoms with Crippen LogP contribution < -0.4 is 5.32 Å². The molecule has 3 rings (SSSR count). The lowest BCUT2D eigenvalue weighted by Crippen LogP contribution is -2.58. The van der Waals surface area contributed by atoms with Crippen LogP contribution in [0.2, 0.25) is 0 Å². The summed E-state index contributed by atoms with van der Waals surface area (Å²) in [6, 6.07) is 7.68. The van der Waals surface area contributed by atoms with Crippen LogP contribution in [0.5, 0.6) is 0 Å². The molecular formula is C17H23N5O2. The normalized spacial score (nSPS) is 18.8. The van der Waals surface area contributed by atoms with E-state index in [1.165, 1.54) is 0 Å². The van der Waals surface area contributed by atoms with Crippen LogP contribution in [0.25, 0.3) is 10.9 Å². The molecule has 0 radical (unpaired) electrons. The lowest BCUT2D eigenvalue weighted by atomic mass is 10.1. The van der Waals surface area contributed by atoms with Gasteiger partial charge in [0.2, 0.25) is 11.8 Å². The van der Waals surface area contributed by atoms with Gasteiger partial charge in [-0.2, -0.15) is 5.10 Å². The molecule has 0 aliphatic carbocycles. The topological polar surface area (TPSA) is 70.5 Å². The van der Waals surface area contributed by atoms with E-state index in [0.717, 1.165) is 10.9 Å². The average Bonchev–Trinajstić information content (AvgIpc) is 3.02. The van der Waals surface area contributed by atoms with Crippen molar-refractivity contribution in [2.75, 3.05) is 33.7 Å². The molecule has 1 saturated heterocycles.